The molecule has 116 valence electrons. The molecule has 1 atom stereocenters. The summed E-state index contributed by atoms with van der Waals surface area (Å²) in [6, 6.07) is 3.36. The first-order valence-electron chi connectivity index (χ1n) is 6.88. The molecule has 1 heterocycles. The number of carbonyl (C=O) groups is 2. The summed E-state index contributed by atoms with van der Waals surface area (Å²) in [4.78, 5) is 29.4. The molecular formula is C15H23N3O3. The number of carbonyl (C=O) groups excluding carboxylic acids is 2. The number of hydrogen-bond donors (Lipinski definition) is 1. The van der Waals surface area contributed by atoms with Crippen molar-refractivity contribution in [3.8, 4) is 0 Å². The lowest BCUT2D eigenvalue weighted by atomic mass is 9.96. The minimum Gasteiger partial charge on any atom is -0.467 e. The first-order chi connectivity index (χ1) is 9.84. The molecule has 0 spiro atoms. The van der Waals surface area contributed by atoms with Crippen LogP contribution >= 0.6 is 0 Å². The van der Waals surface area contributed by atoms with E-state index in [0.29, 0.717) is 17.8 Å². The minimum absolute atomic E-state index is 0.186. The molecule has 1 unspecified atom stereocenters. The number of pyridine rings is 1. The van der Waals surface area contributed by atoms with Gasteiger partial charge in [-0.15, -0.1) is 0 Å². The van der Waals surface area contributed by atoms with Gasteiger partial charge in [-0.3, -0.25) is 9.78 Å². The summed E-state index contributed by atoms with van der Waals surface area (Å²) >= 11 is 0. The Kier molecular flexibility index (Phi) is 5.69. The average Bonchev–Trinajstić information content (AvgIpc) is 2.45. The van der Waals surface area contributed by atoms with Crippen LogP contribution in [-0.4, -0.2) is 48.5 Å². The second kappa shape index (κ2) is 7.06. The predicted octanol–water partition coefficient (Wildman–Crippen LogP) is 1.93. The van der Waals surface area contributed by atoms with E-state index in [4.69, 9.17) is 4.74 Å². The number of nitrogens with one attached hydrogen (secondary N) is 1. The highest BCUT2D eigenvalue weighted by Crippen LogP contribution is 2.22. The zero-order valence-electron chi connectivity index (χ0n) is 13.3. The van der Waals surface area contributed by atoms with Crippen LogP contribution in [-0.2, 0) is 9.53 Å². The van der Waals surface area contributed by atoms with Crippen molar-refractivity contribution in [1.29, 1.82) is 0 Å². The van der Waals surface area contributed by atoms with Gasteiger partial charge in [-0.05, 0) is 25.5 Å². The number of hydrogen-bond acceptors (Lipinski definition) is 5. The molecule has 0 fully saturated rings. The molecular weight excluding hydrogens is 270 g/mol. The fraction of sp³-hybridized carbons (Fsp3) is 0.533. The number of anilines is 1. The van der Waals surface area contributed by atoms with Crippen molar-refractivity contribution in [3.63, 3.8) is 0 Å². The summed E-state index contributed by atoms with van der Waals surface area (Å²) in [6.45, 7) is 3.78. The molecule has 0 saturated carbocycles. The Morgan fingerprint density at radius 2 is 2.10 bits per heavy atom. The van der Waals surface area contributed by atoms with Gasteiger partial charge in [0.25, 0.3) is 5.91 Å². The van der Waals surface area contributed by atoms with E-state index >= 15 is 0 Å². The van der Waals surface area contributed by atoms with Gasteiger partial charge in [-0.25, -0.2) is 4.79 Å². The number of nitrogens with zero attached hydrogens (tertiary/aromatic N) is 2. The number of esters is 1. The zero-order chi connectivity index (χ0) is 16.0. The summed E-state index contributed by atoms with van der Waals surface area (Å²) < 4.78 is 4.86. The van der Waals surface area contributed by atoms with Crippen molar-refractivity contribution < 1.29 is 14.3 Å². The maximum Gasteiger partial charge on any atom is 0.331 e. The van der Waals surface area contributed by atoms with Crippen molar-refractivity contribution in [2.24, 2.45) is 0 Å². The van der Waals surface area contributed by atoms with Crippen molar-refractivity contribution in [1.82, 2.24) is 9.88 Å². The highest BCUT2D eigenvalue weighted by molar-refractivity contribution is 5.93. The summed E-state index contributed by atoms with van der Waals surface area (Å²) in [5, 5.41) is 3.16. The fourth-order valence-corrected chi connectivity index (χ4v) is 2.11. The Morgan fingerprint density at radius 3 is 2.62 bits per heavy atom. The Morgan fingerprint density at radius 1 is 1.43 bits per heavy atom. The fourth-order valence-electron chi connectivity index (χ4n) is 2.11. The molecule has 1 aromatic heterocycles. The van der Waals surface area contributed by atoms with Crippen molar-refractivity contribution in [2.45, 2.75) is 32.2 Å². The smallest absolute Gasteiger partial charge is 0.331 e. The largest absolute Gasteiger partial charge is 0.467 e. The van der Waals surface area contributed by atoms with Crippen molar-refractivity contribution in [2.75, 3.05) is 26.5 Å². The van der Waals surface area contributed by atoms with Gasteiger partial charge in [-0.1, -0.05) is 13.3 Å². The average molecular weight is 293 g/mol. The van der Waals surface area contributed by atoms with E-state index in [1.54, 1.807) is 39.3 Å². The molecule has 6 nitrogen and oxygen atoms in total. The van der Waals surface area contributed by atoms with Gasteiger partial charge in [0, 0.05) is 26.0 Å². The molecule has 0 bridgehead atoms. The number of rotatable bonds is 6. The highest BCUT2D eigenvalue weighted by Gasteiger charge is 2.33. The maximum absolute atomic E-state index is 12.0. The van der Waals surface area contributed by atoms with Crippen LogP contribution in [0.1, 0.15) is 37.2 Å². The van der Waals surface area contributed by atoms with Crippen LogP contribution in [0.25, 0.3) is 0 Å². The van der Waals surface area contributed by atoms with Crippen molar-refractivity contribution in [3.05, 3.63) is 24.0 Å². The number of amides is 1. The lowest BCUT2D eigenvalue weighted by Crippen LogP contribution is -2.44. The van der Waals surface area contributed by atoms with Crippen molar-refractivity contribution >= 4 is 17.6 Å². The molecule has 1 N–H and O–H groups in total. The van der Waals surface area contributed by atoms with Gasteiger partial charge in [0.05, 0.1) is 7.11 Å². The van der Waals surface area contributed by atoms with E-state index in [0.717, 1.165) is 6.42 Å². The Bertz CT molecular complexity index is 517. The van der Waals surface area contributed by atoms with Crippen LogP contribution in [0, 0.1) is 0 Å². The summed E-state index contributed by atoms with van der Waals surface area (Å²) in [7, 11) is 4.70. The van der Waals surface area contributed by atoms with Gasteiger partial charge in [0.2, 0.25) is 0 Å². The van der Waals surface area contributed by atoms with Crippen LogP contribution in [0.3, 0.4) is 0 Å². The zero-order valence-corrected chi connectivity index (χ0v) is 13.3. The SMILES string of the molecule is CCCC(C)(Nc1ccnc(C(=O)N(C)C)c1)C(=O)OC. The normalized spacial score (nSPS) is 13.2. The van der Waals surface area contributed by atoms with Gasteiger partial charge < -0.3 is 15.0 Å². The van der Waals surface area contributed by atoms with E-state index in [1.807, 2.05) is 6.92 Å². The predicted molar refractivity (Wildman–Crippen MR) is 81.2 cm³/mol. The third kappa shape index (κ3) is 4.18. The monoisotopic (exact) mass is 293 g/mol. The van der Waals surface area contributed by atoms with Crippen LogP contribution < -0.4 is 5.32 Å². The van der Waals surface area contributed by atoms with Gasteiger partial charge in [0.1, 0.15) is 11.2 Å². The van der Waals surface area contributed by atoms with E-state index in [1.165, 1.54) is 12.0 Å². The third-order valence-electron chi connectivity index (χ3n) is 3.19. The van der Waals surface area contributed by atoms with Crippen LogP contribution in [0.15, 0.2) is 18.3 Å². The molecule has 0 aliphatic carbocycles. The second-order valence-electron chi connectivity index (χ2n) is 5.33. The highest BCUT2D eigenvalue weighted by atomic mass is 16.5. The molecule has 0 aliphatic rings. The van der Waals surface area contributed by atoms with Crippen LogP contribution in [0.4, 0.5) is 5.69 Å². The molecule has 0 aliphatic heterocycles. The number of aromatic nitrogens is 1. The Hall–Kier alpha value is -2.11. The molecule has 0 aromatic carbocycles. The molecule has 1 amide bonds. The second-order valence-corrected chi connectivity index (χ2v) is 5.33. The van der Waals surface area contributed by atoms with Gasteiger partial charge in [0.15, 0.2) is 0 Å². The first kappa shape index (κ1) is 16.9. The molecule has 6 heteroatoms. The van der Waals surface area contributed by atoms with E-state index in [-0.39, 0.29) is 11.9 Å². The third-order valence-corrected chi connectivity index (χ3v) is 3.19. The van der Waals surface area contributed by atoms with Crippen LogP contribution in [0.5, 0.6) is 0 Å². The molecule has 0 radical (unpaired) electrons. The maximum atomic E-state index is 12.0. The summed E-state index contributed by atoms with van der Waals surface area (Å²) in [5.41, 5.74) is 0.161. The van der Waals surface area contributed by atoms with E-state index in [2.05, 4.69) is 10.3 Å². The van der Waals surface area contributed by atoms with Crippen LogP contribution in [0.2, 0.25) is 0 Å². The Balaban J connectivity index is 3.02. The number of ether oxygens (including phenoxy) is 1. The minimum atomic E-state index is -0.830. The first-order valence-corrected chi connectivity index (χ1v) is 6.88. The Labute approximate surface area is 125 Å². The summed E-state index contributed by atoms with van der Waals surface area (Å²) in [5.74, 6) is -0.518. The molecule has 1 rings (SSSR count). The quantitative estimate of drug-likeness (QED) is 0.811. The number of methoxy groups -OCH3 is 1. The standard InChI is InChI=1S/C15H23N3O3/c1-6-8-15(2,14(20)21-5)17-11-7-9-16-12(10-11)13(19)18(3)4/h7,9-10H,6,8H2,1-5H3,(H,16,17). The lowest BCUT2D eigenvalue weighted by molar-refractivity contribution is -0.145. The molecule has 0 saturated heterocycles. The topological polar surface area (TPSA) is 71.5 Å². The molecule has 21 heavy (non-hydrogen) atoms. The lowest BCUT2D eigenvalue weighted by Gasteiger charge is -2.28. The summed E-state index contributed by atoms with van der Waals surface area (Å²) in [6.07, 6.45) is 2.99. The van der Waals surface area contributed by atoms with E-state index in [9.17, 15) is 9.59 Å². The molecule has 1 aromatic rings. The van der Waals surface area contributed by atoms with E-state index < -0.39 is 5.54 Å². The van der Waals surface area contributed by atoms with Gasteiger partial charge >= 0.3 is 5.97 Å². The van der Waals surface area contributed by atoms with Gasteiger partial charge in [-0.2, -0.15) is 0 Å².